The number of ether oxygens (including phenoxy) is 1. The van der Waals surface area contributed by atoms with E-state index in [9.17, 15) is 18.8 Å². The quantitative estimate of drug-likeness (QED) is 0.681. The highest BCUT2D eigenvalue weighted by atomic mass is 19.3. The molecule has 28 heavy (non-hydrogen) atoms. The average Bonchev–Trinajstić information content (AvgIpc) is 3.04. The van der Waals surface area contributed by atoms with Gasteiger partial charge >= 0.3 is 12.6 Å². The second-order valence-corrected chi connectivity index (χ2v) is 6.16. The summed E-state index contributed by atoms with van der Waals surface area (Å²) in [6, 6.07) is 14.3. The van der Waals surface area contributed by atoms with Gasteiger partial charge < -0.3 is 4.74 Å². The second-order valence-electron chi connectivity index (χ2n) is 6.16. The monoisotopic (exact) mass is 380 g/mol. The molecule has 4 rings (SSSR count). The lowest BCUT2D eigenvalue weighted by Gasteiger charge is -2.21. The topological polar surface area (TPSA) is 69.5 Å². The van der Waals surface area contributed by atoms with Crippen molar-refractivity contribution in [3.05, 3.63) is 60.9 Å². The molecule has 0 N–H and O–H groups in total. The summed E-state index contributed by atoms with van der Waals surface area (Å²) in [6.07, 6.45) is 3.26. The Morgan fingerprint density at radius 2 is 1.89 bits per heavy atom. The molecule has 1 aromatic heterocycles. The highest BCUT2D eigenvalue weighted by Gasteiger charge is 2.40. The third-order valence-electron chi connectivity index (χ3n) is 4.53. The molecule has 1 aliphatic rings. The molecule has 1 atom stereocenters. The van der Waals surface area contributed by atoms with E-state index in [0.29, 0.717) is 11.4 Å². The van der Waals surface area contributed by atoms with E-state index >= 15 is 0 Å². The van der Waals surface area contributed by atoms with Crippen LogP contribution in [0.2, 0.25) is 0 Å². The van der Waals surface area contributed by atoms with Crippen LogP contribution in [0.25, 0.3) is 10.8 Å². The van der Waals surface area contributed by atoms with Crippen LogP contribution in [0, 0.1) is 11.3 Å². The van der Waals surface area contributed by atoms with Crippen LogP contribution in [0.4, 0.5) is 25.0 Å². The molecule has 1 aliphatic heterocycles. The number of rotatable bonds is 4. The number of hydrogen-bond donors (Lipinski definition) is 0. The maximum absolute atomic E-state index is 13.1. The number of aromatic nitrogens is 1. The maximum Gasteiger partial charge on any atom is 0.387 e. The highest BCUT2D eigenvalue weighted by Crippen LogP contribution is 2.33. The van der Waals surface area contributed by atoms with Crippen LogP contribution in [0.1, 0.15) is 0 Å². The molecule has 6 nitrogen and oxygen atoms in total. The molecule has 1 fully saturated rings. The van der Waals surface area contributed by atoms with Crippen molar-refractivity contribution in [2.24, 2.45) is 0 Å². The van der Waals surface area contributed by atoms with Gasteiger partial charge in [0.05, 0.1) is 24.5 Å². The van der Waals surface area contributed by atoms with Crippen molar-refractivity contribution in [3.63, 3.8) is 0 Å². The lowest BCUT2D eigenvalue weighted by molar-refractivity contribution is -0.0498. The minimum atomic E-state index is -2.92. The Morgan fingerprint density at radius 1 is 1.14 bits per heavy atom. The van der Waals surface area contributed by atoms with Gasteiger partial charge in [-0.3, -0.25) is 14.8 Å². The highest BCUT2D eigenvalue weighted by molar-refractivity contribution is 6.11. The van der Waals surface area contributed by atoms with Crippen LogP contribution in [-0.4, -0.2) is 30.2 Å². The minimum Gasteiger partial charge on any atom is -0.435 e. The number of nitrogens with zero attached hydrogens (tertiary/aromatic N) is 4. The lowest BCUT2D eigenvalue weighted by atomic mass is 10.1. The van der Waals surface area contributed by atoms with Crippen LogP contribution in [-0.2, 0) is 0 Å². The summed E-state index contributed by atoms with van der Waals surface area (Å²) < 4.78 is 29.0. The van der Waals surface area contributed by atoms with Crippen molar-refractivity contribution in [2.45, 2.75) is 12.7 Å². The van der Waals surface area contributed by atoms with Gasteiger partial charge in [-0.1, -0.05) is 24.3 Å². The number of hydrogen-bond acceptors (Lipinski definition) is 4. The van der Waals surface area contributed by atoms with Gasteiger partial charge in [-0.25, -0.2) is 4.79 Å². The molecule has 0 saturated carbocycles. The van der Waals surface area contributed by atoms with Gasteiger partial charge in [0.15, 0.2) is 0 Å². The zero-order chi connectivity index (χ0) is 19.7. The number of carbonyl (C=O) groups excluding carboxylic acids is 1. The van der Waals surface area contributed by atoms with Crippen LogP contribution in [0.15, 0.2) is 60.9 Å². The first-order valence-corrected chi connectivity index (χ1v) is 8.46. The lowest BCUT2D eigenvalue weighted by Crippen LogP contribution is -2.34. The first-order chi connectivity index (χ1) is 13.6. The number of urea groups is 1. The molecular weight excluding hydrogens is 366 g/mol. The molecule has 1 saturated heterocycles. The van der Waals surface area contributed by atoms with Crippen molar-refractivity contribution in [1.29, 1.82) is 5.26 Å². The molecule has 2 aromatic carbocycles. The third kappa shape index (κ3) is 3.07. The van der Waals surface area contributed by atoms with Gasteiger partial charge in [-0.05, 0) is 24.3 Å². The zero-order valence-electron chi connectivity index (χ0n) is 14.5. The number of anilines is 2. The fourth-order valence-corrected chi connectivity index (χ4v) is 3.28. The first kappa shape index (κ1) is 17.7. The molecule has 2 amide bonds. The molecule has 140 valence electrons. The predicted molar refractivity (Wildman–Crippen MR) is 99.4 cm³/mol. The molecule has 1 unspecified atom stereocenters. The number of alkyl halides is 2. The van der Waals surface area contributed by atoms with E-state index in [1.165, 1.54) is 34.1 Å². The van der Waals surface area contributed by atoms with E-state index in [0.717, 1.165) is 10.8 Å². The third-order valence-corrected chi connectivity index (χ3v) is 4.53. The molecule has 0 bridgehead atoms. The molecular formula is C20H14F2N4O2. The van der Waals surface area contributed by atoms with Crippen LogP contribution in [0.3, 0.4) is 0 Å². The number of benzene rings is 2. The molecule has 3 aromatic rings. The van der Waals surface area contributed by atoms with Crippen molar-refractivity contribution in [2.75, 3.05) is 16.3 Å². The maximum atomic E-state index is 13.1. The Morgan fingerprint density at radius 3 is 2.61 bits per heavy atom. The summed E-state index contributed by atoms with van der Waals surface area (Å²) in [4.78, 5) is 20.1. The van der Waals surface area contributed by atoms with E-state index in [1.807, 2.05) is 24.3 Å². The standard InChI is InChI=1S/C20H14F2N4O2/c21-19(22)28-16-7-5-14(6-8-16)25-12-15(9-23)26(20(25)27)18-11-24-10-13-3-1-2-4-17(13)18/h1-8,10-11,15,19H,12H2. The fourth-order valence-electron chi connectivity index (χ4n) is 3.28. The van der Waals surface area contributed by atoms with E-state index in [-0.39, 0.29) is 18.3 Å². The molecule has 0 spiro atoms. The van der Waals surface area contributed by atoms with E-state index in [2.05, 4.69) is 15.8 Å². The summed E-state index contributed by atoms with van der Waals surface area (Å²) in [7, 11) is 0. The Labute approximate surface area is 159 Å². The zero-order valence-corrected chi connectivity index (χ0v) is 14.5. The van der Waals surface area contributed by atoms with Gasteiger partial charge in [0.25, 0.3) is 0 Å². The normalized spacial score (nSPS) is 16.6. The van der Waals surface area contributed by atoms with Crippen LogP contribution >= 0.6 is 0 Å². The number of carbonyl (C=O) groups is 1. The smallest absolute Gasteiger partial charge is 0.387 e. The van der Waals surface area contributed by atoms with E-state index in [1.54, 1.807) is 12.4 Å². The Kier molecular flexibility index (Phi) is 4.49. The fraction of sp³-hybridized carbons (Fsp3) is 0.150. The number of fused-ring (bicyclic) bond motifs is 1. The summed E-state index contributed by atoms with van der Waals surface area (Å²) >= 11 is 0. The number of amides is 2. The summed E-state index contributed by atoms with van der Waals surface area (Å²) in [5.74, 6) is -0.00246. The van der Waals surface area contributed by atoms with E-state index in [4.69, 9.17) is 0 Å². The molecule has 0 radical (unpaired) electrons. The number of halogens is 2. The molecule has 2 heterocycles. The molecule has 8 heteroatoms. The van der Waals surface area contributed by atoms with Gasteiger partial charge in [-0.2, -0.15) is 14.0 Å². The van der Waals surface area contributed by atoms with E-state index < -0.39 is 12.7 Å². The summed E-state index contributed by atoms with van der Waals surface area (Å²) in [5.41, 5.74) is 1.04. The van der Waals surface area contributed by atoms with Crippen molar-refractivity contribution >= 4 is 28.2 Å². The van der Waals surface area contributed by atoms with Gasteiger partial charge in [0, 0.05) is 22.7 Å². The Bertz CT molecular complexity index is 1060. The second kappa shape index (κ2) is 7.12. The average molecular weight is 380 g/mol. The number of pyridine rings is 1. The van der Waals surface area contributed by atoms with Gasteiger partial charge in [-0.15, -0.1) is 0 Å². The van der Waals surface area contributed by atoms with Crippen molar-refractivity contribution in [1.82, 2.24) is 4.98 Å². The van der Waals surface area contributed by atoms with Crippen LogP contribution < -0.4 is 14.5 Å². The largest absolute Gasteiger partial charge is 0.435 e. The summed E-state index contributed by atoms with van der Waals surface area (Å²) in [6.45, 7) is -2.77. The van der Waals surface area contributed by atoms with Crippen molar-refractivity contribution < 1.29 is 18.3 Å². The Hall–Kier alpha value is -3.73. The SMILES string of the molecule is N#CC1CN(c2ccc(OC(F)F)cc2)C(=O)N1c1cncc2ccccc12. The molecule has 0 aliphatic carbocycles. The first-order valence-electron chi connectivity index (χ1n) is 8.46. The predicted octanol–water partition coefficient (Wildman–Crippen LogP) is 4.17. The number of nitriles is 1. The van der Waals surface area contributed by atoms with Crippen LogP contribution in [0.5, 0.6) is 5.75 Å². The summed E-state index contributed by atoms with van der Waals surface area (Å²) in [5, 5.41) is 11.3. The van der Waals surface area contributed by atoms with Gasteiger partial charge in [0.1, 0.15) is 11.8 Å². The Balaban J connectivity index is 1.69. The van der Waals surface area contributed by atoms with Gasteiger partial charge in [0.2, 0.25) is 0 Å². The van der Waals surface area contributed by atoms with Crippen molar-refractivity contribution in [3.8, 4) is 11.8 Å². The minimum absolute atomic E-state index is 0.00246.